The largest absolute Gasteiger partial charge is 0.460 e. The molecule has 0 aliphatic heterocycles. The lowest BCUT2D eigenvalue weighted by atomic mass is 10.2. The number of fused-ring (bicyclic) bond motifs is 1. The summed E-state index contributed by atoms with van der Waals surface area (Å²) in [5.41, 5.74) is 1.91. The van der Waals surface area contributed by atoms with Crippen LogP contribution in [0.25, 0.3) is 11.0 Å². The van der Waals surface area contributed by atoms with E-state index < -0.39 is 10.8 Å². The summed E-state index contributed by atoms with van der Waals surface area (Å²) in [6, 6.07) is 13.6. The van der Waals surface area contributed by atoms with Crippen LogP contribution in [0, 0.1) is 17.4 Å². The van der Waals surface area contributed by atoms with Gasteiger partial charge in [-0.3, -0.25) is 0 Å². The van der Waals surface area contributed by atoms with Gasteiger partial charge in [-0.2, -0.15) is 0 Å². The summed E-state index contributed by atoms with van der Waals surface area (Å²) in [5.74, 6) is 0.729. The first-order valence-electron chi connectivity index (χ1n) is 6.24. The standard InChI is InChI=1S/C16H13IO2S/c1-10-8-12(17)9-14-15(10)19-11(2)16(14)20(18)13-6-4-3-5-7-13/h3-9H,1-2H3/t20-/m0/s1. The van der Waals surface area contributed by atoms with Crippen molar-refractivity contribution in [2.45, 2.75) is 23.6 Å². The first-order chi connectivity index (χ1) is 9.58. The fourth-order valence-corrected chi connectivity index (χ4v) is 4.39. The van der Waals surface area contributed by atoms with Crippen LogP contribution in [0.15, 0.2) is 56.7 Å². The minimum absolute atomic E-state index is 0.729. The Morgan fingerprint density at radius 3 is 2.50 bits per heavy atom. The van der Waals surface area contributed by atoms with Crippen LogP contribution >= 0.6 is 22.6 Å². The van der Waals surface area contributed by atoms with E-state index in [-0.39, 0.29) is 0 Å². The third-order valence-electron chi connectivity index (χ3n) is 3.20. The van der Waals surface area contributed by atoms with Crippen molar-refractivity contribution in [3.05, 3.63) is 57.4 Å². The van der Waals surface area contributed by atoms with Crippen molar-refractivity contribution in [1.82, 2.24) is 0 Å². The smallest absolute Gasteiger partial charge is 0.138 e. The molecule has 1 aromatic heterocycles. The molecule has 102 valence electrons. The van der Waals surface area contributed by atoms with Crippen LogP contribution in [0.5, 0.6) is 0 Å². The predicted octanol–water partition coefficient (Wildman–Crippen LogP) is 4.82. The number of benzene rings is 2. The minimum Gasteiger partial charge on any atom is -0.460 e. The molecule has 4 heteroatoms. The molecule has 1 atom stereocenters. The lowest BCUT2D eigenvalue weighted by molar-refractivity contribution is 0.564. The highest BCUT2D eigenvalue weighted by molar-refractivity contribution is 14.1. The van der Waals surface area contributed by atoms with Gasteiger partial charge in [0.1, 0.15) is 11.3 Å². The Balaban J connectivity index is 2.26. The normalized spacial score (nSPS) is 12.8. The van der Waals surface area contributed by atoms with Gasteiger partial charge in [0.05, 0.1) is 15.7 Å². The maximum atomic E-state index is 12.8. The number of hydrogen-bond donors (Lipinski definition) is 0. The molecule has 20 heavy (non-hydrogen) atoms. The van der Waals surface area contributed by atoms with Gasteiger partial charge in [0.25, 0.3) is 0 Å². The van der Waals surface area contributed by atoms with Crippen LogP contribution in [-0.2, 0) is 10.8 Å². The zero-order valence-corrected chi connectivity index (χ0v) is 14.1. The summed E-state index contributed by atoms with van der Waals surface area (Å²) in [6.07, 6.45) is 0. The first kappa shape index (κ1) is 13.8. The third-order valence-corrected chi connectivity index (χ3v) is 5.40. The molecule has 2 nitrogen and oxygen atoms in total. The summed E-state index contributed by atoms with van der Waals surface area (Å²) < 4.78 is 19.8. The Morgan fingerprint density at radius 1 is 1.10 bits per heavy atom. The van der Waals surface area contributed by atoms with Crippen molar-refractivity contribution in [1.29, 1.82) is 0 Å². The van der Waals surface area contributed by atoms with Gasteiger partial charge in [-0.05, 0) is 66.3 Å². The monoisotopic (exact) mass is 396 g/mol. The predicted molar refractivity (Wildman–Crippen MR) is 89.5 cm³/mol. The molecule has 0 spiro atoms. The van der Waals surface area contributed by atoms with Gasteiger partial charge in [0.15, 0.2) is 0 Å². The molecule has 0 aliphatic carbocycles. The molecule has 3 aromatic rings. The molecule has 0 saturated heterocycles. The number of rotatable bonds is 2. The van der Waals surface area contributed by atoms with Crippen molar-refractivity contribution in [3.8, 4) is 0 Å². The zero-order valence-electron chi connectivity index (χ0n) is 11.1. The summed E-state index contributed by atoms with van der Waals surface area (Å²) in [6.45, 7) is 3.89. The van der Waals surface area contributed by atoms with Crippen molar-refractivity contribution < 1.29 is 8.63 Å². The quantitative estimate of drug-likeness (QED) is 0.582. The van der Waals surface area contributed by atoms with E-state index in [1.54, 1.807) is 0 Å². The molecule has 0 radical (unpaired) electrons. The highest BCUT2D eigenvalue weighted by Crippen LogP contribution is 2.34. The van der Waals surface area contributed by atoms with Gasteiger partial charge < -0.3 is 4.42 Å². The SMILES string of the molecule is Cc1oc2c(C)cc(I)cc2c1[S@@](=O)c1ccccc1. The van der Waals surface area contributed by atoms with Gasteiger partial charge in [-0.1, -0.05) is 18.2 Å². The topological polar surface area (TPSA) is 30.2 Å². The van der Waals surface area contributed by atoms with Gasteiger partial charge in [-0.25, -0.2) is 4.21 Å². The molecular weight excluding hydrogens is 383 g/mol. The van der Waals surface area contributed by atoms with E-state index >= 15 is 0 Å². The average Bonchev–Trinajstić information content (AvgIpc) is 2.76. The maximum Gasteiger partial charge on any atom is 0.138 e. The molecule has 0 aliphatic rings. The van der Waals surface area contributed by atoms with Crippen molar-refractivity contribution >= 4 is 44.4 Å². The van der Waals surface area contributed by atoms with Gasteiger partial charge in [0.2, 0.25) is 0 Å². The molecule has 0 saturated carbocycles. The minimum atomic E-state index is -1.22. The van der Waals surface area contributed by atoms with E-state index in [0.717, 1.165) is 35.7 Å². The first-order valence-corrected chi connectivity index (χ1v) is 8.47. The summed E-state index contributed by atoms with van der Waals surface area (Å²) in [4.78, 5) is 1.59. The Labute approximate surface area is 133 Å². The van der Waals surface area contributed by atoms with Crippen molar-refractivity contribution in [2.75, 3.05) is 0 Å². The Morgan fingerprint density at radius 2 is 1.80 bits per heavy atom. The molecular formula is C16H13IO2S. The van der Waals surface area contributed by atoms with E-state index in [4.69, 9.17) is 4.42 Å². The molecule has 3 rings (SSSR count). The van der Waals surface area contributed by atoms with E-state index in [0.29, 0.717) is 0 Å². The van der Waals surface area contributed by atoms with E-state index in [1.807, 2.05) is 50.2 Å². The van der Waals surface area contributed by atoms with Crippen LogP contribution in [0.4, 0.5) is 0 Å². The number of halogens is 1. The fraction of sp³-hybridized carbons (Fsp3) is 0.125. The van der Waals surface area contributed by atoms with Crippen LogP contribution < -0.4 is 0 Å². The van der Waals surface area contributed by atoms with Gasteiger partial charge >= 0.3 is 0 Å². The molecule has 0 unspecified atom stereocenters. The number of furan rings is 1. The second kappa shape index (κ2) is 5.33. The van der Waals surface area contributed by atoms with Crippen LogP contribution in [-0.4, -0.2) is 4.21 Å². The molecule has 0 fully saturated rings. The van der Waals surface area contributed by atoms with Crippen LogP contribution in [0.3, 0.4) is 0 Å². The van der Waals surface area contributed by atoms with Crippen LogP contribution in [0.1, 0.15) is 11.3 Å². The van der Waals surface area contributed by atoms with Crippen LogP contribution in [0.2, 0.25) is 0 Å². The van der Waals surface area contributed by atoms with Gasteiger partial charge in [-0.15, -0.1) is 0 Å². The Hall–Kier alpha value is -1.14. The van der Waals surface area contributed by atoms with E-state index in [1.165, 1.54) is 0 Å². The molecule has 0 N–H and O–H groups in total. The maximum absolute atomic E-state index is 12.8. The highest BCUT2D eigenvalue weighted by Gasteiger charge is 2.19. The zero-order chi connectivity index (χ0) is 14.3. The fourth-order valence-electron chi connectivity index (χ4n) is 2.32. The lowest BCUT2D eigenvalue weighted by Gasteiger charge is -2.02. The second-order valence-corrected chi connectivity index (χ2v) is 7.33. The van der Waals surface area contributed by atoms with Gasteiger partial charge in [0, 0.05) is 13.9 Å². The second-order valence-electron chi connectivity index (χ2n) is 4.67. The van der Waals surface area contributed by atoms with Crippen molar-refractivity contribution in [3.63, 3.8) is 0 Å². The highest BCUT2D eigenvalue weighted by atomic mass is 127. The van der Waals surface area contributed by atoms with E-state index in [9.17, 15) is 4.21 Å². The summed E-state index contributed by atoms with van der Waals surface area (Å²) in [7, 11) is -1.22. The molecule has 2 aromatic carbocycles. The molecule has 1 heterocycles. The van der Waals surface area contributed by atoms with E-state index in [2.05, 4.69) is 28.7 Å². The molecule has 0 bridgehead atoms. The average molecular weight is 396 g/mol. The Bertz CT molecular complexity index is 806. The summed E-state index contributed by atoms with van der Waals surface area (Å²) in [5, 5.41) is 0.953. The van der Waals surface area contributed by atoms with Crippen molar-refractivity contribution in [2.24, 2.45) is 0 Å². The lowest BCUT2D eigenvalue weighted by Crippen LogP contribution is -1.93. The number of aryl methyl sites for hydroxylation is 2. The molecule has 0 amide bonds. The summed E-state index contributed by atoms with van der Waals surface area (Å²) >= 11 is 2.28. The third kappa shape index (κ3) is 2.31. The Kier molecular flexibility index (Phi) is 3.69. The number of hydrogen-bond acceptors (Lipinski definition) is 2.